The number of hydrogen-bond acceptors (Lipinski definition) is 7. The van der Waals surface area contributed by atoms with Crippen LogP contribution in [-0.4, -0.2) is 44.0 Å². The van der Waals surface area contributed by atoms with E-state index in [0.717, 1.165) is 22.6 Å². The van der Waals surface area contributed by atoms with E-state index >= 15 is 0 Å². The maximum atomic E-state index is 13.5. The molecule has 0 N–H and O–H groups in total. The molecule has 2 aromatic heterocycles. The Balaban J connectivity index is 1.23. The topological polar surface area (TPSA) is 94.2 Å². The van der Waals surface area contributed by atoms with Gasteiger partial charge in [-0.15, -0.1) is 0 Å². The molecule has 0 spiro atoms. The second kappa shape index (κ2) is 7.02. The molecule has 31 heavy (non-hydrogen) atoms. The van der Waals surface area contributed by atoms with Crippen LogP contribution in [-0.2, 0) is 4.79 Å². The first-order valence-electron chi connectivity index (χ1n) is 10.0. The lowest BCUT2D eigenvalue weighted by Crippen LogP contribution is -2.50. The van der Waals surface area contributed by atoms with Gasteiger partial charge >= 0.3 is 0 Å². The van der Waals surface area contributed by atoms with Crippen LogP contribution in [0.3, 0.4) is 0 Å². The normalized spacial score (nSPS) is 15.5. The molecule has 4 heterocycles. The smallest absolute Gasteiger partial charge is 0.240 e. The van der Waals surface area contributed by atoms with E-state index in [0.29, 0.717) is 30.6 Å². The van der Waals surface area contributed by atoms with E-state index in [-0.39, 0.29) is 11.8 Å². The van der Waals surface area contributed by atoms with Crippen molar-refractivity contribution in [3.8, 4) is 23.1 Å². The Hall–Kier alpha value is -4.07. The number of likely N-dealkylation sites (tertiary alicyclic amines) is 1. The number of para-hydroxylation sites is 2. The van der Waals surface area contributed by atoms with Crippen LogP contribution in [0.15, 0.2) is 71.5 Å². The highest BCUT2D eigenvalue weighted by Gasteiger charge is 2.41. The summed E-state index contributed by atoms with van der Waals surface area (Å²) in [6.45, 7) is 1.05. The van der Waals surface area contributed by atoms with E-state index in [1.165, 1.54) is 0 Å². The van der Waals surface area contributed by atoms with Gasteiger partial charge in [0.25, 0.3) is 0 Å². The van der Waals surface area contributed by atoms with Crippen molar-refractivity contribution in [1.29, 1.82) is 0 Å². The van der Waals surface area contributed by atoms with Crippen LogP contribution in [0, 0.1) is 0 Å². The van der Waals surface area contributed by atoms with Crippen LogP contribution in [0.2, 0.25) is 0 Å². The fraction of sp³-hybridized carbons (Fsp3) is 0.174. The van der Waals surface area contributed by atoms with E-state index in [4.69, 9.17) is 9.26 Å². The minimum Gasteiger partial charge on any atom is -0.457 e. The molecule has 1 saturated heterocycles. The van der Waals surface area contributed by atoms with E-state index in [1.807, 2.05) is 53.4 Å². The third-order valence-corrected chi connectivity index (χ3v) is 5.68. The molecule has 152 valence electrons. The molecular weight excluding hydrogens is 394 g/mol. The van der Waals surface area contributed by atoms with E-state index in [2.05, 4.69) is 20.1 Å². The van der Waals surface area contributed by atoms with Crippen LogP contribution in [0.25, 0.3) is 11.6 Å². The zero-order valence-corrected chi connectivity index (χ0v) is 16.4. The van der Waals surface area contributed by atoms with Crippen molar-refractivity contribution in [2.24, 2.45) is 0 Å². The fourth-order valence-corrected chi connectivity index (χ4v) is 4.08. The maximum absolute atomic E-state index is 13.5. The number of hydrogen-bond donors (Lipinski definition) is 0. The van der Waals surface area contributed by atoms with Crippen molar-refractivity contribution < 1.29 is 14.1 Å². The molecule has 6 rings (SSSR count). The molecule has 0 atom stereocenters. The molecule has 2 aliphatic heterocycles. The van der Waals surface area contributed by atoms with E-state index in [1.54, 1.807) is 18.5 Å². The third-order valence-electron chi connectivity index (χ3n) is 5.68. The Kier molecular flexibility index (Phi) is 4.02. The first kappa shape index (κ1) is 17.8. The highest BCUT2D eigenvalue weighted by atomic mass is 16.5. The molecule has 0 radical (unpaired) electrons. The van der Waals surface area contributed by atoms with Crippen molar-refractivity contribution >= 4 is 5.91 Å². The summed E-state index contributed by atoms with van der Waals surface area (Å²) in [7, 11) is 0. The van der Waals surface area contributed by atoms with Crippen LogP contribution in [0.5, 0.6) is 11.5 Å². The van der Waals surface area contributed by atoms with Crippen LogP contribution >= 0.6 is 0 Å². The van der Waals surface area contributed by atoms with Crippen LogP contribution in [0.4, 0.5) is 0 Å². The molecule has 0 unspecified atom stereocenters. The monoisotopic (exact) mass is 411 g/mol. The molecule has 4 aromatic rings. The van der Waals surface area contributed by atoms with E-state index in [9.17, 15) is 4.79 Å². The summed E-state index contributed by atoms with van der Waals surface area (Å²) < 4.78 is 11.4. The molecule has 0 bridgehead atoms. The Labute approximate surface area is 177 Å². The molecule has 2 aliphatic rings. The highest BCUT2D eigenvalue weighted by molar-refractivity contribution is 5.90. The number of aromatic nitrogens is 4. The first-order chi connectivity index (χ1) is 15.3. The SMILES string of the molecule is O=C(C1c2ccccc2Oc2ccccc21)N1CC(c2nc(-c3ncccn3)no2)C1. The van der Waals surface area contributed by atoms with Crippen LogP contribution in [0.1, 0.15) is 28.9 Å². The van der Waals surface area contributed by atoms with Gasteiger partial charge in [-0.3, -0.25) is 4.79 Å². The van der Waals surface area contributed by atoms with Gasteiger partial charge in [0.2, 0.25) is 23.4 Å². The standard InChI is InChI=1S/C23H17N5O3/c29-23(19-15-6-1-3-8-17(15)30-18-9-4-2-7-16(18)19)28-12-14(13-28)22-26-21(27-31-22)20-24-10-5-11-25-20/h1-11,14,19H,12-13H2. The van der Waals surface area contributed by atoms with Crippen molar-refractivity contribution in [2.75, 3.05) is 13.1 Å². The first-order valence-corrected chi connectivity index (χ1v) is 10.0. The zero-order chi connectivity index (χ0) is 20.8. The molecule has 8 heteroatoms. The number of carbonyl (C=O) groups is 1. The predicted octanol–water partition coefficient (Wildman–Crippen LogP) is 3.39. The lowest BCUT2D eigenvalue weighted by molar-refractivity contribution is -0.136. The summed E-state index contributed by atoms with van der Waals surface area (Å²) in [6, 6.07) is 17.1. The van der Waals surface area contributed by atoms with Crippen LogP contribution < -0.4 is 4.74 Å². The number of carbonyl (C=O) groups excluding carboxylic acids is 1. The number of ether oxygens (including phenoxy) is 1. The van der Waals surface area contributed by atoms with Gasteiger partial charge in [-0.25, -0.2) is 9.97 Å². The summed E-state index contributed by atoms with van der Waals surface area (Å²) in [4.78, 5) is 28.0. The van der Waals surface area contributed by atoms with Gasteiger partial charge < -0.3 is 14.2 Å². The lowest BCUT2D eigenvalue weighted by atomic mass is 9.85. The zero-order valence-electron chi connectivity index (χ0n) is 16.4. The second-order valence-electron chi connectivity index (χ2n) is 7.58. The number of fused-ring (bicyclic) bond motifs is 2. The van der Waals surface area contributed by atoms with Crippen molar-refractivity contribution in [2.45, 2.75) is 11.8 Å². The van der Waals surface area contributed by atoms with Crippen molar-refractivity contribution in [1.82, 2.24) is 25.0 Å². The van der Waals surface area contributed by atoms with Gasteiger partial charge in [0, 0.05) is 36.6 Å². The maximum Gasteiger partial charge on any atom is 0.240 e. The van der Waals surface area contributed by atoms with Gasteiger partial charge in [-0.05, 0) is 18.2 Å². The molecule has 2 aromatic carbocycles. The van der Waals surface area contributed by atoms with Crippen molar-refractivity contribution in [3.63, 3.8) is 0 Å². The predicted molar refractivity (Wildman–Crippen MR) is 109 cm³/mol. The molecule has 0 saturated carbocycles. The Morgan fingerprint density at radius 1 is 0.871 bits per heavy atom. The minimum atomic E-state index is -0.391. The Bertz CT molecular complexity index is 1220. The molecule has 0 aliphatic carbocycles. The quantitative estimate of drug-likeness (QED) is 0.510. The number of rotatable bonds is 3. The van der Waals surface area contributed by atoms with Gasteiger partial charge in [-0.1, -0.05) is 41.6 Å². The van der Waals surface area contributed by atoms with Gasteiger partial charge in [-0.2, -0.15) is 4.98 Å². The highest BCUT2D eigenvalue weighted by Crippen LogP contribution is 2.45. The average molecular weight is 411 g/mol. The summed E-state index contributed by atoms with van der Waals surface area (Å²) in [5.41, 5.74) is 1.77. The summed E-state index contributed by atoms with van der Waals surface area (Å²) in [6.07, 6.45) is 3.26. The Morgan fingerprint density at radius 3 is 2.19 bits per heavy atom. The summed E-state index contributed by atoms with van der Waals surface area (Å²) in [5, 5.41) is 3.98. The number of amides is 1. The second-order valence-corrected chi connectivity index (χ2v) is 7.58. The van der Waals surface area contributed by atoms with E-state index < -0.39 is 5.92 Å². The molecule has 8 nitrogen and oxygen atoms in total. The van der Waals surface area contributed by atoms with Gasteiger partial charge in [0.15, 0.2) is 0 Å². The minimum absolute atomic E-state index is 0.000703. The fourth-order valence-electron chi connectivity index (χ4n) is 4.08. The average Bonchev–Trinajstić information content (AvgIpc) is 3.26. The molecular formula is C23H17N5O3. The molecule has 1 amide bonds. The molecule has 1 fully saturated rings. The Morgan fingerprint density at radius 2 is 1.52 bits per heavy atom. The number of nitrogens with zero attached hydrogens (tertiary/aromatic N) is 5. The lowest BCUT2D eigenvalue weighted by Gasteiger charge is -2.40. The summed E-state index contributed by atoms with van der Waals surface area (Å²) in [5.74, 6) is 2.37. The van der Waals surface area contributed by atoms with Gasteiger partial charge in [0.1, 0.15) is 11.5 Å². The number of benzene rings is 2. The summed E-state index contributed by atoms with van der Waals surface area (Å²) >= 11 is 0. The van der Waals surface area contributed by atoms with Gasteiger partial charge in [0.05, 0.1) is 11.8 Å². The van der Waals surface area contributed by atoms with Crippen molar-refractivity contribution in [3.05, 3.63) is 84.0 Å². The third kappa shape index (κ3) is 2.95. The largest absolute Gasteiger partial charge is 0.457 e.